The molecule has 1 fully saturated rings. The monoisotopic (exact) mass is 288 g/mol. The van der Waals surface area contributed by atoms with E-state index in [-0.39, 0.29) is 11.9 Å². The second kappa shape index (κ2) is 5.44. The molecular formula is C15H20N4O2. The molecule has 1 saturated heterocycles. The predicted molar refractivity (Wildman–Crippen MR) is 79.2 cm³/mol. The van der Waals surface area contributed by atoms with Crippen molar-refractivity contribution in [3.8, 4) is 0 Å². The summed E-state index contributed by atoms with van der Waals surface area (Å²) in [6.45, 7) is 6.74. The Bertz CT molecular complexity index is 680. The van der Waals surface area contributed by atoms with Gasteiger partial charge in [-0.1, -0.05) is 5.16 Å². The second-order valence-electron chi connectivity index (χ2n) is 5.81. The number of nitrogens with one attached hydrogen (secondary N) is 2. The number of fused-ring (bicyclic) bond motifs is 1. The Labute approximate surface area is 123 Å². The number of aryl methyl sites for hydroxylation is 2. The van der Waals surface area contributed by atoms with Crippen molar-refractivity contribution < 1.29 is 9.32 Å². The third kappa shape index (κ3) is 2.76. The van der Waals surface area contributed by atoms with Gasteiger partial charge in [0.05, 0.1) is 16.6 Å². The van der Waals surface area contributed by atoms with Gasteiger partial charge in [-0.05, 0) is 46.2 Å². The van der Waals surface area contributed by atoms with Crippen LogP contribution in [0.25, 0.3) is 11.1 Å². The molecule has 112 valence electrons. The molecule has 2 atom stereocenters. The van der Waals surface area contributed by atoms with Crippen molar-refractivity contribution in [3.63, 3.8) is 0 Å². The van der Waals surface area contributed by atoms with Crippen molar-refractivity contribution in [2.75, 3.05) is 6.54 Å². The number of amides is 1. The minimum Gasteiger partial charge on any atom is -0.349 e. The average molecular weight is 288 g/mol. The fourth-order valence-electron chi connectivity index (χ4n) is 2.92. The maximum Gasteiger partial charge on any atom is 0.258 e. The summed E-state index contributed by atoms with van der Waals surface area (Å²) in [5, 5.41) is 11.1. The Morgan fingerprint density at radius 2 is 2.29 bits per heavy atom. The van der Waals surface area contributed by atoms with Gasteiger partial charge < -0.3 is 15.2 Å². The summed E-state index contributed by atoms with van der Waals surface area (Å²) < 4.78 is 5.18. The number of carbonyl (C=O) groups is 1. The lowest BCUT2D eigenvalue weighted by Gasteiger charge is -2.28. The molecular weight excluding hydrogens is 268 g/mol. The van der Waals surface area contributed by atoms with Gasteiger partial charge in [0.25, 0.3) is 11.6 Å². The molecule has 1 amide bonds. The first-order valence-corrected chi connectivity index (χ1v) is 7.32. The summed E-state index contributed by atoms with van der Waals surface area (Å²) in [5.74, 6) is -0.0732. The Kier molecular flexibility index (Phi) is 3.63. The van der Waals surface area contributed by atoms with Crippen molar-refractivity contribution >= 4 is 17.0 Å². The van der Waals surface area contributed by atoms with Gasteiger partial charge in [-0.3, -0.25) is 4.79 Å². The minimum atomic E-state index is -0.0732. The summed E-state index contributed by atoms with van der Waals surface area (Å²) in [5.41, 5.74) is 2.47. The topological polar surface area (TPSA) is 80.0 Å². The summed E-state index contributed by atoms with van der Waals surface area (Å²) in [6, 6.07) is 2.44. The van der Waals surface area contributed by atoms with Crippen molar-refractivity contribution in [2.45, 2.75) is 45.7 Å². The molecule has 21 heavy (non-hydrogen) atoms. The molecule has 0 radical (unpaired) electrons. The van der Waals surface area contributed by atoms with Gasteiger partial charge in [-0.2, -0.15) is 0 Å². The molecule has 0 spiro atoms. The molecule has 0 saturated carbocycles. The van der Waals surface area contributed by atoms with Gasteiger partial charge in [0, 0.05) is 17.8 Å². The number of nitrogens with zero attached hydrogens (tertiary/aromatic N) is 2. The van der Waals surface area contributed by atoms with Gasteiger partial charge in [-0.25, -0.2) is 4.98 Å². The van der Waals surface area contributed by atoms with Crippen molar-refractivity contribution in [1.29, 1.82) is 0 Å². The normalized spacial score (nSPS) is 22.4. The van der Waals surface area contributed by atoms with Gasteiger partial charge in [0.1, 0.15) is 0 Å². The summed E-state index contributed by atoms with van der Waals surface area (Å²) in [7, 11) is 0. The van der Waals surface area contributed by atoms with E-state index < -0.39 is 0 Å². The van der Waals surface area contributed by atoms with Crippen LogP contribution < -0.4 is 10.6 Å². The third-order valence-corrected chi connectivity index (χ3v) is 3.95. The molecule has 3 rings (SSSR count). The van der Waals surface area contributed by atoms with Gasteiger partial charge >= 0.3 is 0 Å². The lowest BCUT2D eigenvalue weighted by molar-refractivity contribution is 0.0927. The van der Waals surface area contributed by atoms with E-state index in [0.29, 0.717) is 28.4 Å². The minimum absolute atomic E-state index is 0.0732. The quantitative estimate of drug-likeness (QED) is 0.879. The van der Waals surface area contributed by atoms with Crippen LogP contribution in [0.3, 0.4) is 0 Å². The first kappa shape index (κ1) is 14.0. The van der Waals surface area contributed by atoms with Gasteiger partial charge in [0.15, 0.2) is 0 Å². The Hall–Kier alpha value is -1.95. The molecule has 2 N–H and O–H groups in total. The van der Waals surface area contributed by atoms with Crippen LogP contribution >= 0.6 is 0 Å². The fraction of sp³-hybridized carbons (Fsp3) is 0.533. The lowest BCUT2D eigenvalue weighted by atomic mass is 10.00. The van der Waals surface area contributed by atoms with Crippen LogP contribution in [0, 0.1) is 13.8 Å². The first-order valence-electron chi connectivity index (χ1n) is 7.32. The zero-order valence-electron chi connectivity index (χ0n) is 12.6. The number of piperidine rings is 1. The highest BCUT2D eigenvalue weighted by molar-refractivity contribution is 6.06. The molecule has 1 aliphatic rings. The van der Waals surface area contributed by atoms with Crippen molar-refractivity contribution in [2.24, 2.45) is 0 Å². The predicted octanol–water partition coefficient (Wildman–Crippen LogP) is 1.71. The molecule has 3 heterocycles. The van der Waals surface area contributed by atoms with Gasteiger partial charge in [-0.15, -0.1) is 0 Å². The van der Waals surface area contributed by atoms with E-state index in [9.17, 15) is 4.79 Å². The molecule has 2 aromatic rings. The van der Waals surface area contributed by atoms with E-state index in [1.54, 1.807) is 6.07 Å². The number of hydrogen-bond acceptors (Lipinski definition) is 5. The van der Waals surface area contributed by atoms with Crippen LogP contribution in [-0.4, -0.2) is 34.7 Å². The summed E-state index contributed by atoms with van der Waals surface area (Å²) in [6.07, 6.45) is 1.90. The number of hydrogen-bond donors (Lipinski definition) is 2. The Morgan fingerprint density at radius 3 is 3.05 bits per heavy atom. The highest BCUT2D eigenvalue weighted by Gasteiger charge is 2.23. The lowest BCUT2D eigenvalue weighted by Crippen LogP contribution is -2.46. The Balaban J connectivity index is 1.89. The van der Waals surface area contributed by atoms with Crippen molar-refractivity contribution in [1.82, 2.24) is 20.8 Å². The number of pyridine rings is 1. The van der Waals surface area contributed by atoms with Crippen LogP contribution in [0.4, 0.5) is 0 Å². The van der Waals surface area contributed by atoms with Crippen LogP contribution in [0.1, 0.15) is 41.5 Å². The molecule has 2 aromatic heterocycles. The van der Waals surface area contributed by atoms with Crippen molar-refractivity contribution in [3.05, 3.63) is 23.0 Å². The third-order valence-electron chi connectivity index (χ3n) is 3.95. The molecule has 1 aliphatic heterocycles. The average Bonchev–Trinajstić information content (AvgIpc) is 2.79. The number of aromatic nitrogens is 2. The van der Waals surface area contributed by atoms with E-state index in [4.69, 9.17) is 4.52 Å². The smallest absolute Gasteiger partial charge is 0.258 e. The van der Waals surface area contributed by atoms with E-state index in [2.05, 4.69) is 27.7 Å². The van der Waals surface area contributed by atoms with Crippen LogP contribution in [0.15, 0.2) is 10.6 Å². The zero-order chi connectivity index (χ0) is 15.0. The van der Waals surface area contributed by atoms with Crippen LogP contribution in [0.2, 0.25) is 0 Å². The molecule has 2 unspecified atom stereocenters. The summed E-state index contributed by atoms with van der Waals surface area (Å²) in [4.78, 5) is 16.9. The van der Waals surface area contributed by atoms with Crippen LogP contribution in [0.5, 0.6) is 0 Å². The summed E-state index contributed by atoms with van der Waals surface area (Å²) >= 11 is 0. The maximum atomic E-state index is 12.6. The fourth-order valence-corrected chi connectivity index (χ4v) is 2.92. The standard InChI is InChI=1S/C15H20N4O2/c1-8-6-11(4-5-16-8)18-14(20)12-7-9(2)17-15-13(12)10(3)19-21-15/h7-8,11,16H,4-6H2,1-3H3,(H,18,20). The van der Waals surface area contributed by atoms with E-state index in [1.165, 1.54) is 0 Å². The zero-order valence-corrected chi connectivity index (χ0v) is 12.6. The van der Waals surface area contributed by atoms with E-state index in [1.807, 2.05) is 13.8 Å². The highest BCUT2D eigenvalue weighted by atomic mass is 16.5. The molecule has 6 nitrogen and oxygen atoms in total. The molecule has 0 bridgehead atoms. The molecule has 0 aromatic carbocycles. The Morgan fingerprint density at radius 1 is 1.48 bits per heavy atom. The SMILES string of the molecule is Cc1cc(C(=O)NC2CCNC(C)C2)c2c(C)noc2n1. The van der Waals surface area contributed by atoms with E-state index in [0.717, 1.165) is 25.1 Å². The second-order valence-corrected chi connectivity index (χ2v) is 5.81. The number of rotatable bonds is 2. The molecule has 0 aliphatic carbocycles. The van der Waals surface area contributed by atoms with Crippen LogP contribution in [-0.2, 0) is 0 Å². The van der Waals surface area contributed by atoms with E-state index >= 15 is 0 Å². The first-order chi connectivity index (χ1) is 10.0. The molecule has 6 heteroatoms. The number of carbonyl (C=O) groups excluding carboxylic acids is 1. The largest absolute Gasteiger partial charge is 0.349 e. The highest BCUT2D eigenvalue weighted by Crippen LogP contribution is 2.22. The van der Waals surface area contributed by atoms with Gasteiger partial charge in [0.2, 0.25) is 0 Å². The maximum absolute atomic E-state index is 12.6.